The molecule has 0 unspecified atom stereocenters. The topological polar surface area (TPSA) is 39.2 Å². The van der Waals surface area contributed by atoms with E-state index in [0.29, 0.717) is 12.3 Å². The lowest BCUT2D eigenvalue weighted by molar-refractivity contribution is -0.134. The predicted molar refractivity (Wildman–Crippen MR) is 108 cm³/mol. The summed E-state index contributed by atoms with van der Waals surface area (Å²) in [5.74, 6) is 0.251. The van der Waals surface area contributed by atoms with Crippen molar-refractivity contribution in [2.75, 3.05) is 0 Å². The Kier molecular flexibility index (Phi) is 9.78. The quantitative estimate of drug-likeness (QED) is 0.291. The fourth-order valence-corrected chi connectivity index (χ4v) is 3.27. The molecule has 142 valence electrons. The van der Waals surface area contributed by atoms with Crippen molar-refractivity contribution in [3.8, 4) is 5.88 Å². The van der Waals surface area contributed by atoms with Crippen LogP contribution in [0.4, 0.5) is 0 Å². The second-order valence-corrected chi connectivity index (χ2v) is 7.10. The zero-order chi connectivity index (χ0) is 18.5. The number of nitrogens with zero attached hydrogens (tertiary/aromatic N) is 1. The zero-order valence-corrected chi connectivity index (χ0v) is 16.2. The van der Waals surface area contributed by atoms with Gasteiger partial charge in [0.25, 0.3) is 0 Å². The zero-order valence-electron chi connectivity index (χ0n) is 16.2. The largest absolute Gasteiger partial charge is 0.407 e. The van der Waals surface area contributed by atoms with E-state index in [0.717, 1.165) is 23.6 Å². The molecule has 0 amide bonds. The van der Waals surface area contributed by atoms with Crippen LogP contribution in [0.15, 0.2) is 36.5 Å². The molecular formula is C23H33NO2. The predicted octanol–water partition coefficient (Wildman–Crippen LogP) is 6.84. The van der Waals surface area contributed by atoms with Crippen LogP contribution in [-0.4, -0.2) is 11.0 Å². The summed E-state index contributed by atoms with van der Waals surface area (Å²) in [6, 6.07) is 9.77. The molecule has 0 aliphatic carbocycles. The molecule has 1 heterocycles. The summed E-state index contributed by atoms with van der Waals surface area (Å²) >= 11 is 0. The Morgan fingerprint density at radius 1 is 0.846 bits per heavy atom. The molecule has 2 rings (SSSR count). The third kappa shape index (κ3) is 7.55. The molecule has 0 radical (unpaired) electrons. The number of rotatable bonds is 13. The average molecular weight is 356 g/mol. The second kappa shape index (κ2) is 12.5. The number of benzene rings is 1. The second-order valence-electron chi connectivity index (χ2n) is 7.10. The van der Waals surface area contributed by atoms with Crippen LogP contribution in [0.1, 0.15) is 84.0 Å². The molecule has 1 aromatic heterocycles. The van der Waals surface area contributed by atoms with Crippen molar-refractivity contribution in [1.82, 2.24) is 4.98 Å². The highest BCUT2D eigenvalue weighted by atomic mass is 16.5. The molecule has 3 heteroatoms. The van der Waals surface area contributed by atoms with Crippen molar-refractivity contribution in [3.63, 3.8) is 0 Å². The van der Waals surface area contributed by atoms with Crippen molar-refractivity contribution >= 4 is 16.7 Å². The minimum atomic E-state index is -0.176. The monoisotopic (exact) mass is 355 g/mol. The highest BCUT2D eigenvalue weighted by Crippen LogP contribution is 2.23. The van der Waals surface area contributed by atoms with Crippen LogP contribution >= 0.6 is 0 Å². The van der Waals surface area contributed by atoms with Crippen LogP contribution in [0.5, 0.6) is 5.88 Å². The van der Waals surface area contributed by atoms with Gasteiger partial charge >= 0.3 is 5.97 Å². The van der Waals surface area contributed by atoms with Crippen molar-refractivity contribution in [2.45, 2.75) is 84.0 Å². The number of hydrogen-bond acceptors (Lipinski definition) is 3. The van der Waals surface area contributed by atoms with Crippen molar-refractivity contribution < 1.29 is 9.53 Å². The minimum absolute atomic E-state index is 0.176. The third-order valence-corrected chi connectivity index (χ3v) is 4.83. The molecule has 3 nitrogen and oxygen atoms in total. The lowest BCUT2D eigenvalue weighted by Gasteiger charge is -2.06. The molecule has 1 aromatic carbocycles. The first-order valence-corrected chi connectivity index (χ1v) is 10.4. The number of unbranched alkanes of at least 4 members (excludes halogenated alkanes) is 10. The maximum Gasteiger partial charge on any atom is 0.312 e. The first-order valence-electron chi connectivity index (χ1n) is 10.4. The maximum absolute atomic E-state index is 12.1. The van der Waals surface area contributed by atoms with Gasteiger partial charge in [0.05, 0.1) is 0 Å². The van der Waals surface area contributed by atoms with E-state index < -0.39 is 0 Å². The van der Waals surface area contributed by atoms with E-state index in [4.69, 9.17) is 4.74 Å². The Morgan fingerprint density at radius 3 is 2.15 bits per heavy atom. The van der Waals surface area contributed by atoms with Gasteiger partial charge in [-0.05, 0) is 23.9 Å². The molecule has 26 heavy (non-hydrogen) atoms. The molecule has 0 N–H and O–H groups in total. The third-order valence-electron chi connectivity index (χ3n) is 4.83. The lowest BCUT2D eigenvalue weighted by Crippen LogP contribution is -2.08. The molecule has 2 aromatic rings. The Hall–Kier alpha value is -1.90. The van der Waals surface area contributed by atoms with Crippen LogP contribution in [0, 0.1) is 0 Å². The number of aromatic nitrogens is 1. The summed E-state index contributed by atoms with van der Waals surface area (Å²) in [6.45, 7) is 2.26. The Labute approximate surface area is 158 Å². The van der Waals surface area contributed by atoms with Crippen LogP contribution in [0.3, 0.4) is 0 Å². The molecule has 0 bridgehead atoms. The summed E-state index contributed by atoms with van der Waals surface area (Å²) < 4.78 is 5.47. The normalized spacial score (nSPS) is 11.0. The van der Waals surface area contributed by atoms with Crippen LogP contribution in [0.2, 0.25) is 0 Å². The summed E-state index contributed by atoms with van der Waals surface area (Å²) in [6.07, 6.45) is 16.2. The van der Waals surface area contributed by atoms with Gasteiger partial charge in [0, 0.05) is 18.0 Å². The van der Waals surface area contributed by atoms with E-state index in [1.54, 1.807) is 6.20 Å². The average Bonchev–Trinajstić information content (AvgIpc) is 2.66. The van der Waals surface area contributed by atoms with Gasteiger partial charge in [-0.3, -0.25) is 4.79 Å². The number of carbonyl (C=O) groups is 1. The van der Waals surface area contributed by atoms with Gasteiger partial charge in [0.15, 0.2) is 0 Å². The minimum Gasteiger partial charge on any atom is -0.407 e. The highest BCUT2D eigenvalue weighted by Gasteiger charge is 2.09. The first kappa shape index (κ1) is 20.4. The molecule has 0 aliphatic rings. The summed E-state index contributed by atoms with van der Waals surface area (Å²) in [4.78, 5) is 16.3. The van der Waals surface area contributed by atoms with Crippen molar-refractivity contribution in [3.05, 3.63) is 36.5 Å². The number of pyridine rings is 1. The van der Waals surface area contributed by atoms with Crippen LogP contribution in [-0.2, 0) is 4.79 Å². The van der Waals surface area contributed by atoms with Crippen LogP contribution < -0.4 is 4.74 Å². The smallest absolute Gasteiger partial charge is 0.312 e. The van der Waals surface area contributed by atoms with Gasteiger partial charge < -0.3 is 4.74 Å². The van der Waals surface area contributed by atoms with E-state index in [9.17, 15) is 4.79 Å². The van der Waals surface area contributed by atoms with Gasteiger partial charge in [0.1, 0.15) is 0 Å². The van der Waals surface area contributed by atoms with Gasteiger partial charge in [-0.25, -0.2) is 4.98 Å². The number of hydrogen-bond donors (Lipinski definition) is 0. The molecule has 0 spiro atoms. The highest BCUT2D eigenvalue weighted by molar-refractivity contribution is 5.88. The summed E-state index contributed by atoms with van der Waals surface area (Å²) in [5.41, 5.74) is 0. The summed E-state index contributed by atoms with van der Waals surface area (Å²) in [7, 11) is 0. The Balaban J connectivity index is 1.54. The van der Waals surface area contributed by atoms with E-state index in [1.165, 1.54) is 57.8 Å². The maximum atomic E-state index is 12.1. The first-order chi connectivity index (χ1) is 12.8. The fraction of sp³-hybridized carbons (Fsp3) is 0.565. The van der Waals surface area contributed by atoms with E-state index in [-0.39, 0.29) is 5.97 Å². The Morgan fingerprint density at radius 2 is 1.46 bits per heavy atom. The van der Waals surface area contributed by atoms with Crippen molar-refractivity contribution in [1.29, 1.82) is 0 Å². The standard InChI is InChI=1S/C23H33NO2/c1-2-3-4-5-6-7-8-9-10-11-12-17-22(25)26-23-21-16-14-13-15-20(21)18-19-24-23/h13-16,18-19H,2-12,17H2,1H3. The van der Waals surface area contributed by atoms with Gasteiger partial charge in [-0.15, -0.1) is 0 Å². The number of ether oxygens (including phenoxy) is 1. The Bertz CT molecular complexity index is 648. The van der Waals surface area contributed by atoms with E-state index >= 15 is 0 Å². The molecular weight excluding hydrogens is 322 g/mol. The molecule has 0 fully saturated rings. The lowest BCUT2D eigenvalue weighted by atomic mass is 10.1. The van der Waals surface area contributed by atoms with Crippen LogP contribution in [0.25, 0.3) is 10.8 Å². The number of esters is 1. The molecule has 0 aliphatic heterocycles. The number of carbonyl (C=O) groups excluding carboxylic acids is 1. The van der Waals surface area contributed by atoms with Crippen molar-refractivity contribution in [2.24, 2.45) is 0 Å². The summed E-state index contributed by atoms with van der Waals surface area (Å²) in [5, 5.41) is 1.93. The number of fused-ring (bicyclic) bond motifs is 1. The molecule has 0 saturated carbocycles. The van der Waals surface area contributed by atoms with E-state index in [1.807, 2.05) is 30.3 Å². The van der Waals surface area contributed by atoms with Gasteiger partial charge in [-0.2, -0.15) is 0 Å². The molecule has 0 atom stereocenters. The molecule has 0 saturated heterocycles. The van der Waals surface area contributed by atoms with Gasteiger partial charge in [0.2, 0.25) is 5.88 Å². The fourth-order valence-electron chi connectivity index (χ4n) is 3.27. The van der Waals surface area contributed by atoms with Gasteiger partial charge in [-0.1, -0.05) is 89.3 Å². The van der Waals surface area contributed by atoms with E-state index in [2.05, 4.69) is 11.9 Å². The SMILES string of the molecule is CCCCCCCCCCCCCC(=O)Oc1nccc2ccccc12.